The van der Waals surface area contributed by atoms with E-state index in [9.17, 15) is 31.1 Å². The number of nitrogens with zero attached hydrogens (tertiary/aromatic N) is 1. The Morgan fingerprint density at radius 2 is 1.28 bits per heavy atom. The molecule has 0 bridgehead atoms. The highest BCUT2D eigenvalue weighted by Crippen LogP contribution is 2.38. The second-order valence-corrected chi connectivity index (χ2v) is 7.34. The SMILES string of the molecule is C[C@H](C(=O)N(C)c1ccccc1-c1ccccc1)c1cc(C(F)(F)F)cc(C(F)(F)F)c1. The molecule has 0 saturated heterocycles. The smallest absolute Gasteiger partial charge is 0.314 e. The van der Waals surface area contributed by atoms with Gasteiger partial charge in [-0.25, -0.2) is 0 Å². The number of rotatable bonds is 4. The van der Waals surface area contributed by atoms with Crippen molar-refractivity contribution in [1.82, 2.24) is 0 Å². The lowest BCUT2D eigenvalue weighted by atomic mass is 9.94. The first-order chi connectivity index (χ1) is 14.9. The fourth-order valence-corrected chi connectivity index (χ4v) is 3.41. The van der Waals surface area contributed by atoms with Gasteiger partial charge in [-0.2, -0.15) is 26.3 Å². The molecule has 3 aromatic carbocycles. The van der Waals surface area contributed by atoms with E-state index in [0.717, 1.165) is 5.56 Å². The summed E-state index contributed by atoms with van der Waals surface area (Å²) in [6.45, 7) is 1.29. The van der Waals surface area contributed by atoms with Crippen LogP contribution >= 0.6 is 0 Å². The minimum atomic E-state index is -4.98. The maximum absolute atomic E-state index is 13.2. The number of benzene rings is 3. The van der Waals surface area contributed by atoms with Crippen LogP contribution in [-0.4, -0.2) is 13.0 Å². The van der Waals surface area contributed by atoms with Gasteiger partial charge in [-0.3, -0.25) is 4.79 Å². The van der Waals surface area contributed by atoms with Crippen LogP contribution < -0.4 is 4.90 Å². The number of carbonyl (C=O) groups excluding carboxylic acids is 1. The van der Waals surface area contributed by atoms with Crippen LogP contribution in [-0.2, 0) is 17.1 Å². The highest BCUT2D eigenvalue weighted by Gasteiger charge is 2.38. The van der Waals surface area contributed by atoms with E-state index in [2.05, 4.69) is 0 Å². The molecule has 32 heavy (non-hydrogen) atoms. The molecule has 0 fully saturated rings. The van der Waals surface area contributed by atoms with Crippen molar-refractivity contribution in [2.45, 2.75) is 25.2 Å². The van der Waals surface area contributed by atoms with Gasteiger partial charge in [0.1, 0.15) is 0 Å². The van der Waals surface area contributed by atoms with Crippen molar-refractivity contribution < 1.29 is 31.1 Å². The van der Waals surface area contributed by atoms with E-state index in [4.69, 9.17) is 0 Å². The van der Waals surface area contributed by atoms with E-state index < -0.39 is 35.3 Å². The maximum Gasteiger partial charge on any atom is 0.416 e. The average molecular weight is 451 g/mol. The molecule has 8 heteroatoms. The van der Waals surface area contributed by atoms with Crippen molar-refractivity contribution in [2.75, 3.05) is 11.9 Å². The summed E-state index contributed by atoms with van der Waals surface area (Å²) in [5.74, 6) is -1.88. The second kappa shape index (κ2) is 8.68. The Balaban J connectivity index is 2.01. The molecular weight excluding hydrogens is 432 g/mol. The van der Waals surface area contributed by atoms with Crippen molar-refractivity contribution in [1.29, 1.82) is 0 Å². The van der Waals surface area contributed by atoms with E-state index in [-0.39, 0.29) is 11.6 Å². The van der Waals surface area contributed by atoms with Crippen LogP contribution in [0.25, 0.3) is 11.1 Å². The van der Waals surface area contributed by atoms with Crippen LogP contribution in [0, 0.1) is 0 Å². The topological polar surface area (TPSA) is 20.3 Å². The minimum Gasteiger partial charge on any atom is -0.314 e. The number of hydrogen-bond donors (Lipinski definition) is 0. The van der Waals surface area contributed by atoms with Gasteiger partial charge < -0.3 is 4.90 Å². The first-order valence-corrected chi connectivity index (χ1v) is 9.61. The van der Waals surface area contributed by atoms with E-state index in [0.29, 0.717) is 23.4 Å². The van der Waals surface area contributed by atoms with Crippen molar-refractivity contribution in [2.24, 2.45) is 0 Å². The van der Waals surface area contributed by atoms with Crippen molar-refractivity contribution >= 4 is 11.6 Å². The predicted octanol–water partition coefficient (Wildman–Crippen LogP) is 7.16. The van der Waals surface area contributed by atoms with Crippen LogP contribution in [0.4, 0.5) is 32.0 Å². The summed E-state index contributed by atoms with van der Waals surface area (Å²) >= 11 is 0. The monoisotopic (exact) mass is 451 g/mol. The lowest BCUT2D eigenvalue weighted by molar-refractivity contribution is -0.143. The van der Waals surface area contributed by atoms with Gasteiger partial charge in [0.15, 0.2) is 0 Å². The highest BCUT2D eigenvalue weighted by molar-refractivity contribution is 6.00. The zero-order chi connectivity index (χ0) is 23.7. The molecule has 0 aromatic heterocycles. The zero-order valence-corrected chi connectivity index (χ0v) is 17.1. The molecular formula is C24H19F6NO. The van der Waals surface area contributed by atoms with E-state index in [1.807, 2.05) is 30.3 Å². The van der Waals surface area contributed by atoms with Crippen molar-refractivity contribution in [3.05, 3.63) is 89.5 Å². The normalized spacial score (nSPS) is 13.0. The molecule has 0 N–H and O–H groups in total. The quantitative estimate of drug-likeness (QED) is 0.386. The van der Waals surface area contributed by atoms with Gasteiger partial charge in [-0.15, -0.1) is 0 Å². The molecule has 1 atom stereocenters. The third kappa shape index (κ3) is 4.95. The van der Waals surface area contributed by atoms with Crippen molar-refractivity contribution in [3.8, 4) is 11.1 Å². The Morgan fingerprint density at radius 1 is 0.781 bits per heavy atom. The molecule has 0 heterocycles. The predicted molar refractivity (Wildman–Crippen MR) is 110 cm³/mol. The van der Waals surface area contributed by atoms with Gasteiger partial charge >= 0.3 is 12.4 Å². The molecule has 1 amide bonds. The number of amides is 1. The lowest BCUT2D eigenvalue weighted by Crippen LogP contribution is -2.31. The Bertz CT molecular complexity index is 1070. The highest BCUT2D eigenvalue weighted by atomic mass is 19.4. The molecule has 0 radical (unpaired) electrons. The van der Waals surface area contributed by atoms with Gasteiger partial charge in [0.05, 0.1) is 22.7 Å². The minimum absolute atomic E-state index is 0.0507. The second-order valence-electron chi connectivity index (χ2n) is 7.34. The summed E-state index contributed by atoms with van der Waals surface area (Å²) in [4.78, 5) is 14.4. The van der Waals surface area contributed by atoms with Crippen molar-refractivity contribution in [3.63, 3.8) is 0 Å². The van der Waals surface area contributed by atoms with Crippen LogP contribution in [0.5, 0.6) is 0 Å². The largest absolute Gasteiger partial charge is 0.416 e. The Kier molecular flexibility index (Phi) is 6.34. The fourth-order valence-electron chi connectivity index (χ4n) is 3.41. The summed E-state index contributed by atoms with van der Waals surface area (Å²) in [5, 5.41) is 0. The van der Waals surface area contributed by atoms with E-state index in [1.54, 1.807) is 24.3 Å². The lowest BCUT2D eigenvalue weighted by Gasteiger charge is -2.25. The number of carbonyl (C=O) groups is 1. The van der Waals surface area contributed by atoms with E-state index >= 15 is 0 Å². The third-order valence-corrected chi connectivity index (χ3v) is 5.16. The summed E-state index contributed by atoms with van der Waals surface area (Å²) in [6, 6.07) is 17.3. The maximum atomic E-state index is 13.2. The Morgan fingerprint density at radius 3 is 1.81 bits per heavy atom. The molecule has 0 aliphatic heterocycles. The first-order valence-electron chi connectivity index (χ1n) is 9.61. The summed E-state index contributed by atoms with van der Waals surface area (Å²) < 4.78 is 79.2. The Hall–Kier alpha value is -3.29. The number of halogens is 6. The van der Waals surface area contributed by atoms with Crippen LogP contribution in [0.1, 0.15) is 29.5 Å². The molecule has 3 aromatic rings. The van der Waals surface area contributed by atoms with Gasteiger partial charge in [-0.05, 0) is 42.3 Å². The molecule has 0 unspecified atom stereocenters. The fraction of sp³-hybridized carbons (Fsp3) is 0.208. The molecule has 0 aliphatic rings. The van der Waals surface area contributed by atoms with Crippen LogP contribution in [0.3, 0.4) is 0 Å². The molecule has 168 valence electrons. The number of hydrogen-bond acceptors (Lipinski definition) is 1. The molecule has 3 rings (SSSR count). The number of alkyl halides is 6. The standard InChI is InChI=1S/C24H19F6NO/c1-15(17-12-18(23(25,26)27)14-19(13-17)24(28,29)30)22(32)31(2)21-11-7-6-10-20(21)16-8-4-3-5-9-16/h3-15H,1-2H3/t15-/m0/s1. The molecule has 0 aliphatic carbocycles. The first kappa shape index (κ1) is 23.4. The number of anilines is 1. The molecule has 0 saturated carbocycles. The molecule has 2 nitrogen and oxygen atoms in total. The number of likely N-dealkylation sites (N-methyl/N-ethyl adjacent to an activating group) is 1. The van der Waals surface area contributed by atoms with Gasteiger partial charge in [-0.1, -0.05) is 48.5 Å². The van der Waals surface area contributed by atoms with E-state index in [1.165, 1.54) is 18.9 Å². The van der Waals surface area contributed by atoms with Gasteiger partial charge in [0, 0.05) is 12.6 Å². The third-order valence-electron chi connectivity index (χ3n) is 5.16. The number of para-hydroxylation sites is 1. The van der Waals surface area contributed by atoms with Gasteiger partial charge in [0.25, 0.3) is 0 Å². The summed E-state index contributed by atoms with van der Waals surface area (Å²) in [5.41, 5.74) is -1.26. The molecule has 0 spiro atoms. The Labute approximate surface area is 181 Å². The van der Waals surface area contributed by atoms with Gasteiger partial charge in [0.2, 0.25) is 5.91 Å². The van der Waals surface area contributed by atoms with Crippen LogP contribution in [0.15, 0.2) is 72.8 Å². The zero-order valence-electron chi connectivity index (χ0n) is 17.1. The summed E-state index contributed by atoms with van der Waals surface area (Å²) in [6.07, 6.45) is -9.96. The summed E-state index contributed by atoms with van der Waals surface area (Å²) in [7, 11) is 1.44. The van der Waals surface area contributed by atoms with Crippen LogP contribution in [0.2, 0.25) is 0 Å². The average Bonchev–Trinajstić information content (AvgIpc) is 2.76.